The molecule has 1 atom stereocenters. The highest BCUT2D eigenvalue weighted by Crippen LogP contribution is 2.38. The van der Waals surface area contributed by atoms with Crippen molar-refractivity contribution in [2.45, 2.75) is 67.2 Å². The zero-order chi connectivity index (χ0) is 20.0. The van der Waals surface area contributed by atoms with E-state index in [9.17, 15) is 4.79 Å². The molecule has 1 aliphatic carbocycles. The molecular formula is C23H31IN2O. The molecule has 0 fully saturated rings. The van der Waals surface area contributed by atoms with Crippen LogP contribution in [0.15, 0.2) is 24.3 Å². The number of fused-ring (bicyclic) bond motifs is 1. The van der Waals surface area contributed by atoms with E-state index in [0.717, 1.165) is 41.9 Å². The molecule has 0 saturated heterocycles. The van der Waals surface area contributed by atoms with Crippen LogP contribution >= 0.6 is 22.6 Å². The second-order valence-corrected chi connectivity index (χ2v) is 11.4. The Hall–Kier alpha value is -1.17. The fraction of sp³-hybridized carbons (Fsp3) is 0.565. The van der Waals surface area contributed by atoms with E-state index >= 15 is 0 Å². The topological polar surface area (TPSA) is 34.9 Å². The van der Waals surface area contributed by atoms with Crippen molar-refractivity contribution in [3.05, 3.63) is 44.8 Å². The smallest absolute Gasteiger partial charge is 0.167 e. The Kier molecular flexibility index (Phi) is 5.59. The maximum Gasteiger partial charge on any atom is 0.167 e. The summed E-state index contributed by atoms with van der Waals surface area (Å²) in [5.41, 5.74) is 4.29. The molecule has 0 spiro atoms. The largest absolute Gasteiger partial charge is 0.294 e. The van der Waals surface area contributed by atoms with Gasteiger partial charge in [-0.1, -0.05) is 41.5 Å². The molecule has 0 N–H and O–H groups in total. The highest BCUT2D eigenvalue weighted by atomic mass is 127. The molecular weight excluding hydrogens is 447 g/mol. The van der Waals surface area contributed by atoms with Crippen LogP contribution in [0.2, 0.25) is 0 Å². The molecule has 2 aromatic rings. The monoisotopic (exact) mass is 478 g/mol. The molecule has 0 aliphatic heterocycles. The summed E-state index contributed by atoms with van der Waals surface area (Å²) < 4.78 is 3.23. The van der Waals surface area contributed by atoms with Crippen LogP contribution < -0.4 is 0 Å². The van der Waals surface area contributed by atoms with Crippen molar-refractivity contribution >= 4 is 28.4 Å². The van der Waals surface area contributed by atoms with Gasteiger partial charge >= 0.3 is 0 Å². The summed E-state index contributed by atoms with van der Waals surface area (Å²) in [6.07, 6.45) is 3.49. The number of carbonyl (C=O) groups is 1. The van der Waals surface area contributed by atoms with E-state index in [1.54, 1.807) is 0 Å². The molecule has 0 bridgehead atoms. The van der Waals surface area contributed by atoms with Gasteiger partial charge in [0.25, 0.3) is 0 Å². The molecule has 27 heavy (non-hydrogen) atoms. The molecule has 0 radical (unpaired) electrons. The Balaban J connectivity index is 2.05. The first kappa shape index (κ1) is 20.6. The van der Waals surface area contributed by atoms with E-state index in [2.05, 4.69) is 88.4 Å². The van der Waals surface area contributed by atoms with Gasteiger partial charge in [-0.25, -0.2) is 4.68 Å². The van der Waals surface area contributed by atoms with Gasteiger partial charge in [-0.2, -0.15) is 5.10 Å². The van der Waals surface area contributed by atoms with Gasteiger partial charge in [0, 0.05) is 9.99 Å². The number of ketones is 1. The Labute approximate surface area is 177 Å². The number of nitrogens with zero attached hydrogens (tertiary/aromatic N) is 2. The van der Waals surface area contributed by atoms with Crippen LogP contribution in [-0.2, 0) is 12.8 Å². The minimum Gasteiger partial charge on any atom is -0.294 e. The van der Waals surface area contributed by atoms with Crippen LogP contribution in [0.5, 0.6) is 0 Å². The average Bonchev–Trinajstić information content (AvgIpc) is 2.83. The van der Waals surface area contributed by atoms with E-state index in [1.165, 1.54) is 3.57 Å². The van der Waals surface area contributed by atoms with Crippen molar-refractivity contribution < 1.29 is 4.79 Å². The van der Waals surface area contributed by atoms with Crippen molar-refractivity contribution in [1.29, 1.82) is 0 Å². The fourth-order valence-electron chi connectivity index (χ4n) is 4.41. The summed E-state index contributed by atoms with van der Waals surface area (Å²) in [6.45, 7) is 13.5. The first-order chi connectivity index (χ1) is 12.5. The molecule has 3 nitrogen and oxygen atoms in total. The summed E-state index contributed by atoms with van der Waals surface area (Å²) in [7, 11) is 0. The Morgan fingerprint density at radius 1 is 1.19 bits per heavy atom. The zero-order valence-corrected chi connectivity index (χ0v) is 19.6. The van der Waals surface area contributed by atoms with E-state index in [1.807, 2.05) is 4.68 Å². The lowest BCUT2D eigenvalue weighted by Crippen LogP contribution is -2.28. The minimum absolute atomic E-state index is 0.0145. The predicted molar refractivity (Wildman–Crippen MR) is 120 cm³/mol. The van der Waals surface area contributed by atoms with E-state index in [4.69, 9.17) is 5.10 Å². The number of aromatic nitrogens is 2. The number of Topliss-reactive ketones (excluding diaryl/α,β-unsaturated/α-hetero) is 1. The third-order valence-electron chi connectivity index (χ3n) is 5.19. The fourth-order valence-corrected chi connectivity index (χ4v) is 4.77. The van der Waals surface area contributed by atoms with E-state index < -0.39 is 0 Å². The lowest BCUT2D eigenvalue weighted by Gasteiger charge is -2.29. The second kappa shape index (κ2) is 7.34. The van der Waals surface area contributed by atoms with Crippen LogP contribution in [0.4, 0.5) is 0 Å². The first-order valence-electron chi connectivity index (χ1n) is 9.85. The molecule has 0 amide bonds. The number of hydrogen-bond donors (Lipinski definition) is 0. The van der Waals surface area contributed by atoms with Gasteiger partial charge in [-0.15, -0.1) is 0 Å². The number of benzene rings is 1. The molecule has 1 aromatic heterocycles. The normalized spacial score (nSPS) is 17.7. The van der Waals surface area contributed by atoms with E-state index in [-0.39, 0.29) is 16.6 Å². The molecule has 3 rings (SSSR count). The summed E-state index contributed by atoms with van der Waals surface area (Å²) in [5.74, 6) is 0.757. The quantitative estimate of drug-likeness (QED) is 0.487. The lowest BCUT2D eigenvalue weighted by atomic mass is 9.75. The summed E-state index contributed by atoms with van der Waals surface area (Å²) in [4.78, 5) is 13.0. The molecule has 1 unspecified atom stereocenters. The Morgan fingerprint density at radius 2 is 1.81 bits per heavy atom. The Morgan fingerprint density at radius 3 is 2.41 bits per heavy atom. The molecule has 0 saturated carbocycles. The summed E-state index contributed by atoms with van der Waals surface area (Å²) in [6, 6.07) is 8.40. The van der Waals surface area contributed by atoms with Crippen molar-refractivity contribution in [1.82, 2.24) is 9.78 Å². The van der Waals surface area contributed by atoms with Gasteiger partial charge in [0.1, 0.15) is 0 Å². The van der Waals surface area contributed by atoms with Crippen LogP contribution in [0.3, 0.4) is 0 Å². The van der Waals surface area contributed by atoms with Crippen LogP contribution in [0.25, 0.3) is 5.69 Å². The molecule has 1 aliphatic rings. The van der Waals surface area contributed by atoms with Gasteiger partial charge in [0.2, 0.25) is 0 Å². The zero-order valence-electron chi connectivity index (χ0n) is 17.4. The van der Waals surface area contributed by atoms with Crippen LogP contribution in [0.1, 0.15) is 76.1 Å². The standard InChI is InChI=1S/C23H31IN2O/c1-15(12-22(2,3)4)11-18-21-19(13-23(5,6)14-20(21)27)26(25-18)17-9-7-16(24)8-10-17/h7-10,15H,11-14H2,1-6H3. The van der Waals surface area contributed by atoms with Gasteiger partial charge in [-0.05, 0) is 82.9 Å². The SMILES string of the molecule is CC(Cc1nn(-c2ccc(I)cc2)c2c1C(=O)CC(C)(C)C2)CC(C)(C)C. The summed E-state index contributed by atoms with van der Waals surface area (Å²) >= 11 is 2.32. The highest BCUT2D eigenvalue weighted by molar-refractivity contribution is 14.1. The minimum atomic E-state index is -0.0145. The molecule has 146 valence electrons. The van der Waals surface area contributed by atoms with Crippen LogP contribution in [0, 0.1) is 20.3 Å². The van der Waals surface area contributed by atoms with Gasteiger partial charge < -0.3 is 0 Å². The number of rotatable bonds is 4. The van der Waals surface area contributed by atoms with Gasteiger partial charge in [0.05, 0.1) is 22.6 Å². The van der Waals surface area contributed by atoms with Crippen molar-refractivity contribution in [2.24, 2.45) is 16.7 Å². The second-order valence-electron chi connectivity index (χ2n) is 10.2. The van der Waals surface area contributed by atoms with Gasteiger partial charge in [0.15, 0.2) is 5.78 Å². The average molecular weight is 478 g/mol. The summed E-state index contributed by atoms with van der Waals surface area (Å²) in [5, 5.41) is 4.97. The molecule has 1 heterocycles. The number of halogens is 1. The van der Waals surface area contributed by atoms with Crippen molar-refractivity contribution in [3.8, 4) is 5.69 Å². The van der Waals surface area contributed by atoms with Gasteiger partial charge in [-0.3, -0.25) is 4.79 Å². The third kappa shape index (κ3) is 4.82. The Bertz CT molecular complexity index is 840. The lowest BCUT2D eigenvalue weighted by molar-refractivity contribution is 0.0909. The van der Waals surface area contributed by atoms with Crippen molar-refractivity contribution in [2.75, 3.05) is 0 Å². The van der Waals surface area contributed by atoms with Crippen LogP contribution in [-0.4, -0.2) is 15.6 Å². The molecule has 4 heteroatoms. The first-order valence-corrected chi connectivity index (χ1v) is 10.9. The predicted octanol–water partition coefficient (Wildman–Crippen LogP) is 6.25. The third-order valence-corrected chi connectivity index (χ3v) is 5.91. The highest BCUT2D eigenvalue weighted by Gasteiger charge is 2.37. The molecule has 1 aromatic carbocycles. The number of carbonyl (C=O) groups excluding carboxylic acids is 1. The maximum absolute atomic E-state index is 13.0. The maximum atomic E-state index is 13.0. The van der Waals surface area contributed by atoms with E-state index in [0.29, 0.717) is 12.3 Å². The van der Waals surface area contributed by atoms with Crippen molar-refractivity contribution in [3.63, 3.8) is 0 Å². The number of hydrogen-bond acceptors (Lipinski definition) is 2.